The maximum Gasteiger partial charge on any atom is 0.227 e. The number of anilines is 1. The summed E-state index contributed by atoms with van der Waals surface area (Å²) in [6, 6.07) is 9.52. The predicted molar refractivity (Wildman–Crippen MR) is 67.1 cm³/mol. The van der Waals surface area contributed by atoms with Gasteiger partial charge in [-0.25, -0.2) is 4.98 Å². The number of hydrogen-bond donors (Lipinski definition) is 1. The van der Waals surface area contributed by atoms with E-state index in [1.54, 1.807) is 0 Å². The molecule has 17 heavy (non-hydrogen) atoms. The van der Waals surface area contributed by atoms with E-state index in [4.69, 9.17) is 10.5 Å². The molecular formula is C13H15N3O. The van der Waals surface area contributed by atoms with Crippen LogP contribution in [0.15, 0.2) is 30.3 Å². The summed E-state index contributed by atoms with van der Waals surface area (Å²) < 4.78 is 5.70. The summed E-state index contributed by atoms with van der Waals surface area (Å²) in [5.74, 6) is 2.44. The Balaban J connectivity index is 2.35. The Morgan fingerprint density at radius 2 is 1.88 bits per heavy atom. The minimum atomic E-state index is 0.475. The van der Waals surface area contributed by atoms with Gasteiger partial charge in [0.15, 0.2) is 0 Å². The van der Waals surface area contributed by atoms with Gasteiger partial charge >= 0.3 is 0 Å². The van der Waals surface area contributed by atoms with Gasteiger partial charge in [-0.15, -0.1) is 0 Å². The van der Waals surface area contributed by atoms with Crippen LogP contribution in [0.2, 0.25) is 0 Å². The van der Waals surface area contributed by atoms with Crippen molar-refractivity contribution >= 4 is 5.82 Å². The van der Waals surface area contributed by atoms with Crippen LogP contribution in [-0.2, 0) is 6.42 Å². The molecule has 0 spiro atoms. The molecule has 0 atom stereocenters. The molecule has 2 N–H and O–H groups in total. The van der Waals surface area contributed by atoms with Crippen LogP contribution in [0.5, 0.6) is 11.6 Å². The van der Waals surface area contributed by atoms with Crippen LogP contribution in [0.4, 0.5) is 5.82 Å². The van der Waals surface area contributed by atoms with E-state index in [1.165, 1.54) is 0 Å². The Hall–Kier alpha value is -2.10. The quantitative estimate of drug-likeness (QED) is 0.879. The topological polar surface area (TPSA) is 61.0 Å². The SMILES string of the molecule is CCc1nc(N)c(C)c(Oc2ccccc2)n1. The van der Waals surface area contributed by atoms with Crippen molar-refractivity contribution in [1.82, 2.24) is 9.97 Å². The number of aromatic nitrogens is 2. The molecule has 88 valence electrons. The second kappa shape index (κ2) is 4.82. The molecule has 0 unspecified atom stereocenters. The number of nitrogen functional groups attached to an aromatic ring is 1. The van der Waals surface area contributed by atoms with Crippen LogP contribution in [0.3, 0.4) is 0 Å². The molecule has 1 aromatic carbocycles. The minimum Gasteiger partial charge on any atom is -0.439 e. The zero-order valence-electron chi connectivity index (χ0n) is 9.97. The van der Waals surface area contributed by atoms with Crippen molar-refractivity contribution in [2.24, 2.45) is 0 Å². The van der Waals surface area contributed by atoms with Gasteiger partial charge in [0, 0.05) is 6.42 Å². The molecule has 0 aliphatic heterocycles. The van der Waals surface area contributed by atoms with E-state index in [9.17, 15) is 0 Å². The number of ether oxygens (including phenoxy) is 1. The fourth-order valence-corrected chi connectivity index (χ4v) is 1.42. The predicted octanol–water partition coefficient (Wildman–Crippen LogP) is 2.72. The van der Waals surface area contributed by atoms with Crippen molar-refractivity contribution in [1.29, 1.82) is 0 Å². The molecule has 1 aromatic heterocycles. The average Bonchev–Trinajstić information content (AvgIpc) is 2.36. The van der Waals surface area contributed by atoms with Crippen molar-refractivity contribution in [3.8, 4) is 11.6 Å². The summed E-state index contributed by atoms with van der Waals surface area (Å²) >= 11 is 0. The molecule has 0 aliphatic rings. The van der Waals surface area contributed by atoms with Crippen molar-refractivity contribution < 1.29 is 4.74 Å². The van der Waals surface area contributed by atoms with Gasteiger partial charge in [-0.1, -0.05) is 25.1 Å². The number of rotatable bonds is 3. The summed E-state index contributed by atoms with van der Waals surface area (Å²) in [6.07, 6.45) is 0.732. The lowest BCUT2D eigenvalue weighted by atomic mass is 10.3. The number of aryl methyl sites for hydroxylation is 1. The lowest BCUT2D eigenvalue weighted by molar-refractivity contribution is 0.455. The van der Waals surface area contributed by atoms with E-state index < -0.39 is 0 Å². The van der Waals surface area contributed by atoms with E-state index in [-0.39, 0.29) is 0 Å². The molecule has 0 radical (unpaired) electrons. The third-order valence-electron chi connectivity index (χ3n) is 2.46. The maximum absolute atomic E-state index is 5.82. The normalized spacial score (nSPS) is 10.2. The van der Waals surface area contributed by atoms with Gasteiger partial charge < -0.3 is 10.5 Å². The maximum atomic E-state index is 5.82. The highest BCUT2D eigenvalue weighted by Gasteiger charge is 2.09. The highest BCUT2D eigenvalue weighted by molar-refractivity contribution is 5.45. The molecule has 4 nitrogen and oxygen atoms in total. The Morgan fingerprint density at radius 1 is 1.18 bits per heavy atom. The van der Waals surface area contributed by atoms with E-state index in [0.29, 0.717) is 17.5 Å². The average molecular weight is 229 g/mol. The number of benzene rings is 1. The molecule has 4 heteroatoms. The van der Waals surface area contributed by atoms with Crippen LogP contribution in [-0.4, -0.2) is 9.97 Å². The van der Waals surface area contributed by atoms with E-state index in [1.807, 2.05) is 44.2 Å². The summed E-state index contributed by atoms with van der Waals surface area (Å²) in [7, 11) is 0. The standard InChI is InChI=1S/C13H15N3O/c1-3-11-15-12(14)9(2)13(16-11)17-10-7-5-4-6-8-10/h4-8H,3H2,1-2H3,(H2,14,15,16). The Labute approximate surface area is 100 Å². The number of hydrogen-bond acceptors (Lipinski definition) is 4. The molecule has 1 heterocycles. The van der Waals surface area contributed by atoms with Crippen molar-refractivity contribution in [3.05, 3.63) is 41.7 Å². The van der Waals surface area contributed by atoms with Gasteiger partial charge in [0.25, 0.3) is 0 Å². The van der Waals surface area contributed by atoms with E-state index >= 15 is 0 Å². The highest BCUT2D eigenvalue weighted by atomic mass is 16.5. The van der Waals surface area contributed by atoms with Crippen LogP contribution in [0.1, 0.15) is 18.3 Å². The highest BCUT2D eigenvalue weighted by Crippen LogP contribution is 2.25. The van der Waals surface area contributed by atoms with Crippen molar-refractivity contribution in [2.45, 2.75) is 20.3 Å². The minimum absolute atomic E-state index is 0.475. The first kappa shape index (κ1) is 11.4. The molecule has 0 saturated heterocycles. The van der Waals surface area contributed by atoms with E-state index in [0.717, 1.165) is 17.7 Å². The van der Waals surface area contributed by atoms with Gasteiger partial charge in [-0.2, -0.15) is 4.98 Å². The van der Waals surface area contributed by atoms with Gasteiger partial charge in [0.05, 0.1) is 5.56 Å². The molecule has 2 rings (SSSR count). The van der Waals surface area contributed by atoms with Crippen molar-refractivity contribution in [3.63, 3.8) is 0 Å². The number of nitrogens with two attached hydrogens (primary N) is 1. The first-order chi connectivity index (χ1) is 8.20. The van der Waals surface area contributed by atoms with Gasteiger partial charge in [-0.3, -0.25) is 0 Å². The zero-order valence-corrected chi connectivity index (χ0v) is 9.97. The third-order valence-corrected chi connectivity index (χ3v) is 2.46. The van der Waals surface area contributed by atoms with Gasteiger partial charge in [0.2, 0.25) is 5.88 Å². The zero-order chi connectivity index (χ0) is 12.3. The summed E-state index contributed by atoms with van der Waals surface area (Å²) in [6.45, 7) is 3.84. The number of para-hydroxylation sites is 1. The number of nitrogens with zero attached hydrogens (tertiary/aromatic N) is 2. The van der Waals surface area contributed by atoms with Crippen LogP contribution in [0, 0.1) is 6.92 Å². The summed E-state index contributed by atoms with van der Waals surface area (Å²) in [5, 5.41) is 0. The molecule has 0 amide bonds. The van der Waals surface area contributed by atoms with Gasteiger partial charge in [-0.05, 0) is 19.1 Å². The van der Waals surface area contributed by atoms with Crippen molar-refractivity contribution in [2.75, 3.05) is 5.73 Å². The van der Waals surface area contributed by atoms with Crippen LogP contribution in [0.25, 0.3) is 0 Å². The largest absolute Gasteiger partial charge is 0.439 e. The second-order valence-corrected chi connectivity index (χ2v) is 3.72. The molecule has 0 fully saturated rings. The smallest absolute Gasteiger partial charge is 0.227 e. The summed E-state index contributed by atoms with van der Waals surface area (Å²) in [4.78, 5) is 8.51. The second-order valence-electron chi connectivity index (χ2n) is 3.72. The fraction of sp³-hybridized carbons (Fsp3) is 0.231. The molecule has 0 aliphatic carbocycles. The first-order valence-electron chi connectivity index (χ1n) is 5.56. The first-order valence-corrected chi connectivity index (χ1v) is 5.56. The van der Waals surface area contributed by atoms with Crippen LogP contribution >= 0.6 is 0 Å². The Morgan fingerprint density at radius 3 is 2.53 bits per heavy atom. The monoisotopic (exact) mass is 229 g/mol. The van der Waals surface area contributed by atoms with Crippen LogP contribution < -0.4 is 10.5 Å². The van der Waals surface area contributed by atoms with E-state index in [2.05, 4.69) is 9.97 Å². The molecule has 0 bridgehead atoms. The lowest BCUT2D eigenvalue weighted by Gasteiger charge is -2.10. The molecule has 0 saturated carbocycles. The molecule has 2 aromatic rings. The Kier molecular flexibility index (Phi) is 3.23. The third kappa shape index (κ3) is 2.53. The van der Waals surface area contributed by atoms with Gasteiger partial charge in [0.1, 0.15) is 17.4 Å². The molecular weight excluding hydrogens is 214 g/mol. The lowest BCUT2D eigenvalue weighted by Crippen LogP contribution is -2.04. The fourth-order valence-electron chi connectivity index (χ4n) is 1.42. The summed E-state index contributed by atoms with van der Waals surface area (Å²) in [5.41, 5.74) is 6.59. The Bertz CT molecular complexity index is 512.